The first-order valence-corrected chi connectivity index (χ1v) is 10.2. The number of rotatable bonds is 4. The first kappa shape index (κ1) is 21.9. The molecule has 1 fully saturated rings. The lowest BCUT2D eigenvalue weighted by molar-refractivity contribution is -0.132. The lowest BCUT2D eigenvalue weighted by Crippen LogP contribution is -2.29. The summed E-state index contributed by atoms with van der Waals surface area (Å²) in [6.45, 7) is 0. The number of carbonyl (C=O) groups is 2. The Kier molecular flexibility index (Phi) is 5.78. The Hall–Kier alpha value is -4.28. The van der Waals surface area contributed by atoms with E-state index in [2.05, 4.69) is 0 Å². The molecule has 1 amide bonds. The molecule has 2 N–H and O–H groups in total. The lowest BCUT2D eigenvalue weighted by atomic mass is 9.94. The fourth-order valence-electron chi connectivity index (χ4n) is 3.82. The van der Waals surface area contributed by atoms with E-state index in [1.54, 1.807) is 30.3 Å². The molecule has 0 saturated carbocycles. The van der Waals surface area contributed by atoms with Crippen LogP contribution >= 0.6 is 11.6 Å². The van der Waals surface area contributed by atoms with Gasteiger partial charge in [-0.1, -0.05) is 23.7 Å². The predicted molar refractivity (Wildman–Crippen MR) is 122 cm³/mol. The number of aromatic hydroxyl groups is 1. The molecular formula is C25H17ClN2O5. The van der Waals surface area contributed by atoms with E-state index < -0.39 is 23.5 Å². The molecule has 0 spiro atoms. The highest BCUT2D eigenvalue weighted by molar-refractivity contribution is 6.51. The van der Waals surface area contributed by atoms with Crippen LogP contribution in [0, 0.1) is 11.3 Å². The number of anilines is 1. The van der Waals surface area contributed by atoms with Crippen LogP contribution in [0.4, 0.5) is 5.69 Å². The van der Waals surface area contributed by atoms with Crippen LogP contribution in [0.3, 0.4) is 0 Å². The quantitative estimate of drug-likeness (QED) is 0.335. The molecule has 0 aromatic heterocycles. The second-order valence-corrected chi connectivity index (χ2v) is 7.70. The highest BCUT2D eigenvalue weighted by atomic mass is 35.5. The van der Waals surface area contributed by atoms with Crippen molar-refractivity contribution in [2.24, 2.45) is 0 Å². The molecular weight excluding hydrogens is 444 g/mol. The summed E-state index contributed by atoms with van der Waals surface area (Å²) in [5.74, 6) is -2.05. The third-order valence-electron chi connectivity index (χ3n) is 5.32. The highest BCUT2D eigenvalue weighted by Crippen LogP contribution is 2.44. The van der Waals surface area contributed by atoms with Gasteiger partial charge in [-0.15, -0.1) is 0 Å². The van der Waals surface area contributed by atoms with Gasteiger partial charge in [0.25, 0.3) is 11.7 Å². The number of benzene rings is 3. The number of nitriles is 1. The molecule has 8 heteroatoms. The van der Waals surface area contributed by atoms with Gasteiger partial charge in [0.15, 0.2) is 0 Å². The normalized spacial score (nSPS) is 17.1. The van der Waals surface area contributed by atoms with E-state index in [9.17, 15) is 19.8 Å². The first-order chi connectivity index (χ1) is 15.8. The van der Waals surface area contributed by atoms with Gasteiger partial charge in [-0.05, 0) is 60.2 Å². The monoisotopic (exact) mass is 460 g/mol. The summed E-state index contributed by atoms with van der Waals surface area (Å²) in [4.78, 5) is 27.5. The van der Waals surface area contributed by atoms with Crippen LogP contribution in [0.15, 0.2) is 72.3 Å². The molecule has 33 heavy (non-hydrogen) atoms. The number of halogens is 1. The Morgan fingerprint density at radius 3 is 2.45 bits per heavy atom. The van der Waals surface area contributed by atoms with E-state index in [4.69, 9.17) is 21.6 Å². The van der Waals surface area contributed by atoms with Gasteiger partial charge in [-0.3, -0.25) is 14.5 Å². The first-order valence-electron chi connectivity index (χ1n) is 9.79. The van der Waals surface area contributed by atoms with Gasteiger partial charge in [0.2, 0.25) is 0 Å². The van der Waals surface area contributed by atoms with Crippen LogP contribution in [-0.2, 0) is 9.59 Å². The van der Waals surface area contributed by atoms with Crippen molar-refractivity contribution in [3.8, 4) is 17.6 Å². The Morgan fingerprint density at radius 1 is 1.09 bits per heavy atom. The van der Waals surface area contributed by atoms with E-state index in [1.165, 1.54) is 48.4 Å². The van der Waals surface area contributed by atoms with Crippen molar-refractivity contribution in [1.82, 2.24) is 0 Å². The minimum Gasteiger partial charge on any atom is -0.508 e. The molecule has 0 bridgehead atoms. The summed E-state index contributed by atoms with van der Waals surface area (Å²) in [6.07, 6.45) is 0. The maximum absolute atomic E-state index is 13.2. The molecule has 164 valence electrons. The van der Waals surface area contributed by atoms with Crippen molar-refractivity contribution in [1.29, 1.82) is 5.26 Å². The largest absolute Gasteiger partial charge is 0.508 e. The molecule has 0 radical (unpaired) electrons. The minimum atomic E-state index is -1.05. The lowest BCUT2D eigenvalue weighted by Gasteiger charge is -2.25. The van der Waals surface area contributed by atoms with Crippen LogP contribution < -0.4 is 9.64 Å². The van der Waals surface area contributed by atoms with E-state index in [0.29, 0.717) is 21.8 Å². The SMILES string of the molecule is COc1ccc(Cl)cc1/C(O)=C1\C(=O)C(=O)N(c2ccc(C#N)cc2)C1c1cccc(O)c1. The van der Waals surface area contributed by atoms with Crippen LogP contribution in [0.25, 0.3) is 5.76 Å². The Morgan fingerprint density at radius 2 is 1.82 bits per heavy atom. The number of Topliss-reactive ketones (excluding diaryl/α,β-unsaturated/α-hetero) is 1. The molecule has 1 saturated heterocycles. The zero-order valence-corrected chi connectivity index (χ0v) is 18.1. The van der Waals surface area contributed by atoms with Crippen LogP contribution in [0.1, 0.15) is 22.7 Å². The topological polar surface area (TPSA) is 111 Å². The third kappa shape index (κ3) is 3.88. The summed E-state index contributed by atoms with van der Waals surface area (Å²) in [5, 5.41) is 30.7. The van der Waals surface area contributed by atoms with E-state index in [0.717, 1.165) is 0 Å². The van der Waals surface area contributed by atoms with E-state index in [-0.39, 0.29) is 22.6 Å². The van der Waals surface area contributed by atoms with Gasteiger partial charge >= 0.3 is 0 Å². The summed E-state index contributed by atoms with van der Waals surface area (Å²) in [5.41, 5.74) is 1.10. The summed E-state index contributed by atoms with van der Waals surface area (Å²) >= 11 is 6.11. The van der Waals surface area contributed by atoms with Gasteiger partial charge in [-0.2, -0.15) is 5.26 Å². The summed E-state index contributed by atoms with van der Waals surface area (Å²) < 4.78 is 5.31. The molecule has 7 nitrogen and oxygen atoms in total. The number of hydrogen-bond acceptors (Lipinski definition) is 6. The number of carbonyl (C=O) groups excluding carboxylic acids is 2. The maximum Gasteiger partial charge on any atom is 0.300 e. The maximum atomic E-state index is 13.2. The van der Waals surface area contributed by atoms with E-state index in [1.807, 2.05) is 6.07 Å². The highest BCUT2D eigenvalue weighted by Gasteiger charge is 2.47. The zero-order valence-electron chi connectivity index (χ0n) is 17.3. The average molecular weight is 461 g/mol. The molecule has 1 heterocycles. The molecule has 1 aliphatic heterocycles. The molecule has 1 unspecified atom stereocenters. The minimum absolute atomic E-state index is 0.0711. The third-order valence-corrected chi connectivity index (χ3v) is 5.56. The van der Waals surface area contributed by atoms with Crippen LogP contribution in [0.5, 0.6) is 11.5 Å². The number of ketones is 1. The summed E-state index contributed by atoms with van der Waals surface area (Å²) in [6, 6.07) is 17.7. The van der Waals surface area contributed by atoms with Gasteiger partial charge in [-0.25, -0.2) is 0 Å². The fraction of sp³-hybridized carbons (Fsp3) is 0.0800. The van der Waals surface area contributed by atoms with Crippen LogP contribution in [0.2, 0.25) is 5.02 Å². The van der Waals surface area contributed by atoms with Crippen molar-refractivity contribution in [3.63, 3.8) is 0 Å². The smallest absolute Gasteiger partial charge is 0.300 e. The number of phenolic OH excluding ortho intramolecular Hbond substituents is 1. The Balaban J connectivity index is 1.98. The van der Waals surface area contributed by atoms with Gasteiger partial charge in [0.1, 0.15) is 17.3 Å². The standard InChI is InChI=1S/C25H17ClN2O5/c1-33-20-10-7-16(26)12-19(20)23(30)21-22(15-3-2-4-18(29)11-15)28(25(32)24(21)31)17-8-5-14(13-27)6-9-17/h2-12,22,29-30H,1H3/b23-21+. The Bertz CT molecular complexity index is 1340. The van der Waals surface area contributed by atoms with Crippen molar-refractivity contribution in [2.75, 3.05) is 12.0 Å². The number of nitrogens with zero attached hydrogens (tertiary/aromatic N) is 2. The number of hydrogen-bond donors (Lipinski definition) is 2. The number of phenols is 1. The number of ether oxygens (including phenoxy) is 1. The second kappa shape index (κ2) is 8.69. The molecule has 3 aromatic rings. The van der Waals surface area contributed by atoms with Crippen molar-refractivity contribution < 1.29 is 24.5 Å². The van der Waals surface area contributed by atoms with Gasteiger partial charge < -0.3 is 14.9 Å². The second-order valence-electron chi connectivity index (χ2n) is 7.27. The average Bonchev–Trinajstić information content (AvgIpc) is 3.09. The molecule has 1 aliphatic rings. The Labute approximate surface area is 194 Å². The number of aliphatic hydroxyl groups is 1. The predicted octanol–water partition coefficient (Wildman–Crippen LogP) is 4.55. The van der Waals surface area contributed by atoms with E-state index >= 15 is 0 Å². The molecule has 3 aromatic carbocycles. The van der Waals surface area contributed by atoms with Crippen molar-refractivity contribution in [3.05, 3.63) is 94.0 Å². The molecule has 0 aliphatic carbocycles. The zero-order chi connectivity index (χ0) is 23.7. The molecule has 4 rings (SSSR count). The number of aliphatic hydroxyl groups excluding tert-OH is 1. The van der Waals surface area contributed by atoms with Crippen molar-refractivity contribution in [2.45, 2.75) is 6.04 Å². The molecule has 1 atom stereocenters. The number of amides is 1. The fourth-order valence-corrected chi connectivity index (χ4v) is 3.99. The summed E-state index contributed by atoms with van der Waals surface area (Å²) in [7, 11) is 1.40. The van der Waals surface area contributed by atoms with Crippen molar-refractivity contribution >= 4 is 34.7 Å². The van der Waals surface area contributed by atoms with Gasteiger partial charge in [0, 0.05) is 10.7 Å². The van der Waals surface area contributed by atoms with Crippen LogP contribution in [-0.4, -0.2) is 29.0 Å². The van der Waals surface area contributed by atoms with Gasteiger partial charge in [0.05, 0.1) is 35.9 Å². The number of methoxy groups -OCH3 is 1.